The van der Waals surface area contributed by atoms with Crippen molar-refractivity contribution in [2.75, 3.05) is 6.54 Å². The molecule has 0 amide bonds. The molecule has 2 heterocycles. The monoisotopic (exact) mass is 210 g/mol. The van der Waals surface area contributed by atoms with E-state index in [4.69, 9.17) is 0 Å². The van der Waals surface area contributed by atoms with Crippen molar-refractivity contribution in [2.24, 2.45) is 0 Å². The van der Waals surface area contributed by atoms with E-state index in [0.29, 0.717) is 0 Å². The molecule has 0 radical (unpaired) electrons. The topological polar surface area (TPSA) is 16.1 Å². The largest absolute Gasteiger partial charge is 0.293 e. The number of aromatic nitrogens is 1. The van der Waals surface area contributed by atoms with Crippen molar-refractivity contribution in [3.63, 3.8) is 0 Å². The van der Waals surface area contributed by atoms with E-state index in [1.54, 1.807) is 0 Å². The third kappa shape index (κ3) is 1.84. The Balaban J connectivity index is 2.21. The second-order valence-corrected chi connectivity index (χ2v) is 6.23. The lowest BCUT2D eigenvalue weighted by Gasteiger charge is -2.37. The van der Waals surface area contributed by atoms with Crippen LogP contribution in [0.3, 0.4) is 0 Å². The van der Waals surface area contributed by atoms with Crippen LogP contribution in [0.2, 0.25) is 0 Å². The summed E-state index contributed by atoms with van der Waals surface area (Å²) in [5.74, 6) is 0. The van der Waals surface area contributed by atoms with Gasteiger partial charge in [0.15, 0.2) is 0 Å². The van der Waals surface area contributed by atoms with Gasteiger partial charge in [0.2, 0.25) is 0 Å². The minimum atomic E-state index is 0.287. The average Bonchev–Trinajstić information content (AvgIpc) is 2.41. The van der Waals surface area contributed by atoms with Crippen molar-refractivity contribution in [2.45, 2.75) is 46.2 Å². The van der Waals surface area contributed by atoms with Crippen molar-refractivity contribution in [1.82, 2.24) is 9.88 Å². The number of rotatable bonds is 0. The highest BCUT2D eigenvalue weighted by Gasteiger charge is 2.27. The number of nitrogens with zero attached hydrogens (tertiary/aromatic N) is 2. The second-order valence-electron chi connectivity index (χ2n) is 4.95. The van der Waals surface area contributed by atoms with Crippen LogP contribution in [0.5, 0.6) is 0 Å². The number of hydrogen-bond acceptors (Lipinski definition) is 3. The maximum atomic E-state index is 4.56. The zero-order chi connectivity index (χ0) is 10.3. The molecule has 2 rings (SSSR count). The summed E-state index contributed by atoms with van der Waals surface area (Å²) in [6, 6.07) is 0. The molecule has 0 N–H and O–H groups in total. The van der Waals surface area contributed by atoms with Gasteiger partial charge in [0.1, 0.15) is 0 Å². The van der Waals surface area contributed by atoms with Crippen molar-refractivity contribution in [3.05, 3.63) is 15.6 Å². The highest BCUT2D eigenvalue weighted by Crippen LogP contribution is 2.28. The Morgan fingerprint density at radius 1 is 1.36 bits per heavy atom. The number of fused-ring (bicyclic) bond motifs is 1. The van der Waals surface area contributed by atoms with E-state index in [2.05, 4.69) is 37.6 Å². The summed E-state index contributed by atoms with van der Waals surface area (Å²) >= 11 is 1.86. The normalized spacial score (nSPS) is 18.3. The van der Waals surface area contributed by atoms with Gasteiger partial charge in [0, 0.05) is 29.9 Å². The van der Waals surface area contributed by atoms with Crippen molar-refractivity contribution in [1.29, 1.82) is 0 Å². The van der Waals surface area contributed by atoms with Crippen molar-refractivity contribution in [3.8, 4) is 0 Å². The van der Waals surface area contributed by atoms with Crippen LogP contribution in [0.4, 0.5) is 0 Å². The van der Waals surface area contributed by atoms with Crippen LogP contribution in [-0.2, 0) is 13.0 Å². The lowest BCUT2D eigenvalue weighted by Crippen LogP contribution is -2.43. The Kier molecular flexibility index (Phi) is 2.40. The maximum absolute atomic E-state index is 4.56. The van der Waals surface area contributed by atoms with E-state index < -0.39 is 0 Å². The number of aryl methyl sites for hydroxylation is 1. The van der Waals surface area contributed by atoms with E-state index in [0.717, 1.165) is 19.5 Å². The molecule has 0 aliphatic carbocycles. The van der Waals surface area contributed by atoms with Gasteiger partial charge >= 0.3 is 0 Å². The Morgan fingerprint density at radius 3 is 2.71 bits per heavy atom. The third-order valence-electron chi connectivity index (χ3n) is 2.79. The van der Waals surface area contributed by atoms with Crippen LogP contribution in [0, 0.1) is 6.92 Å². The highest BCUT2D eigenvalue weighted by molar-refractivity contribution is 7.11. The fraction of sp³-hybridized carbons (Fsp3) is 0.727. The molecule has 78 valence electrons. The van der Waals surface area contributed by atoms with Crippen molar-refractivity contribution >= 4 is 11.3 Å². The molecule has 1 aromatic heterocycles. The molecule has 1 aliphatic heterocycles. The van der Waals surface area contributed by atoms with Gasteiger partial charge in [-0.2, -0.15) is 0 Å². The van der Waals surface area contributed by atoms with Crippen LogP contribution in [0.1, 0.15) is 36.3 Å². The molecular formula is C11H18N2S. The molecule has 0 atom stereocenters. The zero-order valence-corrected chi connectivity index (χ0v) is 10.2. The Bertz CT molecular complexity index is 336. The molecule has 2 nitrogen and oxygen atoms in total. The SMILES string of the molecule is Cc1nc2c(s1)CN(C(C)(C)C)CC2. The van der Waals surface area contributed by atoms with E-state index in [1.807, 2.05) is 11.3 Å². The van der Waals surface area contributed by atoms with Crippen LogP contribution in [0.25, 0.3) is 0 Å². The number of hydrogen-bond donors (Lipinski definition) is 0. The van der Waals surface area contributed by atoms with Gasteiger partial charge in [0.25, 0.3) is 0 Å². The van der Waals surface area contributed by atoms with Crippen LogP contribution in [-0.4, -0.2) is 22.0 Å². The summed E-state index contributed by atoms with van der Waals surface area (Å²) in [6.45, 7) is 11.2. The maximum Gasteiger partial charge on any atom is 0.0900 e. The molecule has 0 saturated heterocycles. The van der Waals surface area contributed by atoms with Gasteiger partial charge in [-0.1, -0.05) is 0 Å². The van der Waals surface area contributed by atoms with Crippen LogP contribution >= 0.6 is 11.3 Å². The van der Waals surface area contributed by atoms with Gasteiger partial charge in [-0.25, -0.2) is 4.98 Å². The molecular weight excluding hydrogens is 192 g/mol. The Labute approximate surface area is 90.0 Å². The fourth-order valence-corrected chi connectivity index (χ4v) is 2.90. The molecule has 3 heteroatoms. The van der Waals surface area contributed by atoms with Gasteiger partial charge in [-0.05, 0) is 27.7 Å². The van der Waals surface area contributed by atoms with Crippen molar-refractivity contribution < 1.29 is 0 Å². The molecule has 0 unspecified atom stereocenters. The minimum Gasteiger partial charge on any atom is -0.293 e. The van der Waals surface area contributed by atoms with Crippen LogP contribution < -0.4 is 0 Å². The Hall–Kier alpha value is -0.410. The quantitative estimate of drug-likeness (QED) is 0.654. The standard InChI is InChI=1S/C11H18N2S/c1-8-12-9-5-6-13(11(2,3)4)7-10(9)14-8/h5-7H2,1-4H3. The first-order chi connectivity index (χ1) is 6.47. The van der Waals surface area contributed by atoms with E-state index in [9.17, 15) is 0 Å². The summed E-state index contributed by atoms with van der Waals surface area (Å²) in [4.78, 5) is 8.57. The summed E-state index contributed by atoms with van der Waals surface area (Å²) in [7, 11) is 0. The number of thiazole rings is 1. The van der Waals surface area contributed by atoms with Crippen LogP contribution in [0.15, 0.2) is 0 Å². The minimum absolute atomic E-state index is 0.287. The summed E-state index contributed by atoms with van der Waals surface area (Å²) in [5, 5.41) is 1.21. The fourth-order valence-electron chi connectivity index (χ4n) is 1.90. The predicted octanol–water partition coefficient (Wildman–Crippen LogP) is 2.61. The molecule has 0 spiro atoms. The van der Waals surface area contributed by atoms with E-state index in [-0.39, 0.29) is 5.54 Å². The van der Waals surface area contributed by atoms with Gasteiger partial charge in [0.05, 0.1) is 10.7 Å². The molecule has 0 fully saturated rings. The average molecular weight is 210 g/mol. The predicted molar refractivity (Wildman–Crippen MR) is 60.7 cm³/mol. The van der Waals surface area contributed by atoms with E-state index in [1.165, 1.54) is 15.6 Å². The lowest BCUT2D eigenvalue weighted by atomic mass is 10.0. The molecule has 0 aromatic carbocycles. The third-order valence-corrected chi connectivity index (χ3v) is 3.78. The molecule has 0 saturated carbocycles. The van der Waals surface area contributed by atoms with Gasteiger partial charge in [-0.3, -0.25) is 4.90 Å². The summed E-state index contributed by atoms with van der Waals surface area (Å²) in [5.41, 5.74) is 1.63. The summed E-state index contributed by atoms with van der Waals surface area (Å²) in [6.07, 6.45) is 1.12. The summed E-state index contributed by atoms with van der Waals surface area (Å²) < 4.78 is 0. The molecule has 1 aromatic rings. The highest BCUT2D eigenvalue weighted by atomic mass is 32.1. The molecule has 0 bridgehead atoms. The first-order valence-electron chi connectivity index (χ1n) is 5.17. The van der Waals surface area contributed by atoms with E-state index >= 15 is 0 Å². The zero-order valence-electron chi connectivity index (χ0n) is 9.42. The second kappa shape index (κ2) is 3.31. The van der Waals surface area contributed by atoms with Gasteiger partial charge in [-0.15, -0.1) is 11.3 Å². The first-order valence-corrected chi connectivity index (χ1v) is 5.99. The first kappa shape index (κ1) is 10.1. The smallest absolute Gasteiger partial charge is 0.0900 e. The molecule has 1 aliphatic rings. The Morgan fingerprint density at radius 2 is 2.07 bits per heavy atom. The molecule has 14 heavy (non-hydrogen) atoms. The van der Waals surface area contributed by atoms with Gasteiger partial charge < -0.3 is 0 Å². The lowest BCUT2D eigenvalue weighted by molar-refractivity contribution is 0.122.